The van der Waals surface area contributed by atoms with Crippen LogP contribution in [0.1, 0.15) is 19.8 Å². The lowest BCUT2D eigenvalue weighted by molar-refractivity contribution is -0.156. The van der Waals surface area contributed by atoms with Crippen molar-refractivity contribution in [3.63, 3.8) is 0 Å². The minimum absolute atomic E-state index is 0.0604. The van der Waals surface area contributed by atoms with Crippen molar-refractivity contribution in [1.29, 1.82) is 0 Å². The van der Waals surface area contributed by atoms with Gasteiger partial charge in [-0.1, -0.05) is 11.6 Å². The molecule has 114 valence electrons. The topological polar surface area (TPSA) is 66.8 Å². The Morgan fingerprint density at radius 3 is 2.86 bits per heavy atom. The van der Waals surface area contributed by atoms with Crippen molar-refractivity contribution in [3.05, 3.63) is 29.0 Å². The monoisotopic (exact) mass is 315 g/mol. The number of likely N-dealkylation sites (tertiary alicyclic amines) is 1. The van der Waals surface area contributed by atoms with E-state index in [9.17, 15) is 19.1 Å². The number of halogens is 2. The summed E-state index contributed by atoms with van der Waals surface area (Å²) in [6, 6.07) is 3.58. The molecule has 0 aliphatic carbocycles. The van der Waals surface area contributed by atoms with E-state index in [0.717, 1.165) is 6.07 Å². The molecule has 1 aliphatic heterocycles. The van der Waals surface area contributed by atoms with Crippen LogP contribution in [0.2, 0.25) is 5.02 Å². The van der Waals surface area contributed by atoms with Gasteiger partial charge in [0.05, 0.1) is 5.02 Å². The zero-order valence-electron chi connectivity index (χ0n) is 11.4. The van der Waals surface area contributed by atoms with Crippen LogP contribution < -0.4 is 4.74 Å². The van der Waals surface area contributed by atoms with E-state index in [4.69, 9.17) is 16.3 Å². The second-order valence-electron chi connectivity index (χ2n) is 5.09. The predicted molar refractivity (Wildman–Crippen MR) is 73.9 cm³/mol. The normalized spacial score (nSPS) is 21.4. The third-order valence-corrected chi connectivity index (χ3v) is 3.94. The van der Waals surface area contributed by atoms with Crippen LogP contribution in [0.3, 0.4) is 0 Å². The van der Waals surface area contributed by atoms with Gasteiger partial charge in [-0.05, 0) is 38.0 Å². The van der Waals surface area contributed by atoms with Crippen molar-refractivity contribution in [3.8, 4) is 5.75 Å². The molecular weight excluding hydrogens is 301 g/mol. The first-order valence-electron chi connectivity index (χ1n) is 6.46. The first-order chi connectivity index (χ1) is 9.84. The molecule has 0 saturated carbocycles. The smallest absolute Gasteiger partial charge is 0.329 e. The van der Waals surface area contributed by atoms with Crippen molar-refractivity contribution < 1.29 is 23.8 Å². The maximum absolute atomic E-state index is 12.9. The van der Waals surface area contributed by atoms with E-state index < -0.39 is 23.2 Å². The highest BCUT2D eigenvalue weighted by atomic mass is 35.5. The molecule has 1 aromatic rings. The van der Waals surface area contributed by atoms with Gasteiger partial charge in [0.1, 0.15) is 17.1 Å². The Morgan fingerprint density at radius 1 is 1.52 bits per heavy atom. The highest BCUT2D eigenvalue weighted by molar-refractivity contribution is 6.32. The summed E-state index contributed by atoms with van der Waals surface area (Å²) in [5.74, 6) is -1.79. The average molecular weight is 316 g/mol. The fourth-order valence-electron chi connectivity index (χ4n) is 2.40. The number of rotatable bonds is 4. The summed E-state index contributed by atoms with van der Waals surface area (Å²) in [6.45, 7) is 1.56. The quantitative estimate of drug-likeness (QED) is 0.926. The molecule has 0 spiro atoms. The van der Waals surface area contributed by atoms with Gasteiger partial charge < -0.3 is 14.7 Å². The molecule has 0 bridgehead atoms. The number of carboxylic acid groups (broad SMARTS) is 1. The molecule has 1 atom stereocenters. The summed E-state index contributed by atoms with van der Waals surface area (Å²) in [5.41, 5.74) is -1.20. The molecule has 5 nitrogen and oxygen atoms in total. The summed E-state index contributed by atoms with van der Waals surface area (Å²) in [6.07, 6.45) is 1.04. The minimum Gasteiger partial charge on any atom is -0.482 e. The number of carboxylic acids is 1. The molecule has 2 rings (SSSR count). The highest BCUT2D eigenvalue weighted by Gasteiger charge is 2.45. The largest absolute Gasteiger partial charge is 0.482 e. The molecule has 1 N–H and O–H groups in total. The van der Waals surface area contributed by atoms with Crippen LogP contribution in [0.4, 0.5) is 4.39 Å². The van der Waals surface area contributed by atoms with E-state index in [1.54, 1.807) is 0 Å². The standard InChI is InChI=1S/C14H15ClFNO4/c1-14(13(19)20)5-2-6-17(14)12(18)8-21-11-4-3-9(16)7-10(11)15/h3-4,7H,2,5-6,8H2,1H3,(H,19,20). The van der Waals surface area contributed by atoms with Crippen LogP contribution in [-0.2, 0) is 9.59 Å². The van der Waals surface area contributed by atoms with Crippen molar-refractivity contribution in [2.45, 2.75) is 25.3 Å². The van der Waals surface area contributed by atoms with Crippen LogP contribution in [0.25, 0.3) is 0 Å². The lowest BCUT2D eigenvalue weighted by Crippen LogP contribution is -2.52. The molecule has 1 amide bonds. The van der Waals surface area contributed by atoms with Crippen LogP contribution in [0.5, 0.6) is 5.75 Å². The fourth-order valence-corrected chi connectivity index (χ4v) is 2.62. The Balaban J connectivity index is 2.03. The summed E-state index contributed by atoms with van der Waals surface area (Å²) in [5, 5.41) is 9.31. The number of nitrogens with zero attached hydrogens (tertiary/aromatic N) is 1. The SMILES string of the molecule is CC1(C(=O)O)CCCN1C(=O)COc1ccc(F)cc1Cl. The zero-order valence-corrected chi connectivity index (χ0v) is 12.2. The molecule has 21 heavy (non-hydrogen) atoms. The van der Waals surface area contributed by atoms with Crippen molar-refractivity contribution in [2.75, 3.05) is 13.2 Å². The van der Waals surface area contributed by atoms with Gasteiger partial charge in [-0.15, -0.1) is 0 Å². The van der Waals surface area contributed by atoms with Crippen molar-refractivity contribution >= 4 is 23.5 Å². The van der Waals surface area contributed by atoms with E-state index in [-0.39, 0.29) is 17.4 Å². The van der Waals surface area contributed by atoms with E-state index in [1.807, 2.05) is 0 Å². The van der Waals surface area contributed by atoms with Gasteiger partial charge in [0.15, 0.2) is 6.61 Å². The van der Waals surface area contributed by atoms with E-state index in [0.29, 0.717) is 19.4 Å². The van der Waals surface area contributed by atoms with Gasteiger partial charge in [-0.2, -0.15) is 0 Å². The van der Waals surface area contributed by atoms with Gasteiger partial charge in [-0.3, -0.25) is 4.79 Å². The molecule has 1 fully saturated rings. The van der Waals surface area contributed by atoms with E-state index in [1.165, 1.54) is 24.0 Å². The first kappa shape index (κ1) is 15.6. The number of hydrogen-bond donors (Lipinski definition) is 1. The number of carbonyl (C=O) groups is 2. The number of benzene rings is 1. The van der Waals surface area contributed by atoms with Gasteiger partial charge in [0.25, 0.3) is 5.91 Å². The maximum atomic E-state index is 12.9. The predicted octanol–water partition coefficient (Wildman–Crippen LogP) is 2.32. The van der Waals surface area contributed by atoms with E-state index in [2.05, 4.69) is 0 Å². The highest BCUT2D eigenvalue weighted by Crippen LogP contribution is 2.30. The molecule has 1 unspecified atom stereocenters. The van der Waals surface area contributed by atoms with Crippen LogP contribution in [-0.4, -0.2) is 40.6 Å². The minimum atomic E-state index is -1.20. The fraction of sp³-hybridized carbons (Fsp3) is 0.429. The van der Waals surface area contributed by atoms with Gasteiger partial charge in [0, 0.05) is 6.54 Å². The number of hydrogen-bond acceptors (Lipinski definition) is 3. The second kappa shape index (κ2) is 5.89. The number of amides is 1. The molecule has 1 aromatic carbocycles. The Labute approximate surface area is 126 Å². The number of carbonyl (C=O) groups excluding carboxylic acids is 1. The molecule has 1 aliphatic rings. The zero-order chi connectivity index (χ0) is 15.6. The average Bonchev–Trinajstić information content (AvgIpc) is 2.81. The summed E-state index contributed by atoms with van der Waals surface area (Å²) >= 11 is 5.80. The first-order valence-corrected chi connectivity index (χ1v) is 6.84. The van der Waals surface area contributed by atoms with Gasteiger partial charge >= 0.3 is 5.97 Å². The molecule has 1 heterocycles. The Bertz CT molecular complexity index is 580. The van der Waals surface area contributed by atoms with Crippen LogP contribution in [0.15, 0.2) is 18.2 Å². The van der Waals surface area contributed by atoms with Crippen molar-refractivity contribution in [2.24, 2.45) is 0 Å². The van der Waals surface area contributed by atoms with Gasteiger partial charge in [-0.25, -0.2) is 9.18 Å². The molecule has 0 radical (unpaired) electrons. The summed E-state index contributed by atoms with van der Waals surface area (Å²) in [4.78, 5) is 24.7. The number of aliphatic carboxylic acids is 1. The Hall–Kier alpha value is -1.82. The maximum Gasteiger partial charge on any atom is 0.329 e. The van der Waals surface area contributed by atoms with Crippen molar-refractivity contribution in [1.82, 2.24) is 4.90 Å². The summed E-state index contributed by atoms with van der Waals surface area (Å²) in [7, 11) is 0. The molecular formula is C14H15ClFNO4. The summed E-state index contributed by atoms with van der Waals surface area (Å²) < 4.78 is 18.2. The Kier molecular flexibility index (Phi) is 4.37. The molecule has 1 saturated heterocycles. The lowest BCUT2D eigenvalue weighted by atomic mass is 9.99. The Morgan fingerprint density at radius 2 is 2.24 bits per heavy atom. The second-order valence-corrected chi connectivity index (χ2v) is 5.50. The van der Waals surface area contributed by atoms with Gasteiger partial charge in [0.2, 0.25) is 0 Å². The lowest BCUT2D eigenvalue weighted by Gasteiger charge is -2.31. The third-order valence-electron chi connectivity index (χ3n) is 3.65. The van der Waals surface area contributed by atoms with E-state index >= 15 is 0 Å². The molecule has 7 heteroatoms. The molecule has 0 aromatic heterocycles. The van der Waals surface area contributed by atoms with Crippen LogP contribution in [0, 0.1) is 5.82 Å². The number of ether oxygens (including phenoxy) is 1. The third kappa shape index (κ3) is 3.10. The van der Waals surface area contributed by atoms with Crippen LogP contribution >= 0.6 is 11.6 Å².